The Bertz CT molecular complexity index is 976. The number of carbonyl (C=O) groups is 2. The number of primary amides is 1. The van der Waals surface area contributed by atoms with Gasteiger partial charge in [-0.3, -0.25) is 4.79 Å². The summed E-state index contributed by atoms with van der Waals surface area (Å²) in [5, 5.41) is 6.51. The van der Waals surface area contributed by atoms with Crippen LogP contribution in [0.5, 0.6) is 0 Å². The maximum Gasteiger partial charge on any atom is 0.315 e. The predicted octanol–water partition coefficient (Wildman–Crippen LogP) is 3.86. The van der Waals surface area contributed by atoms with E-state index in [1.165, 1.54) is 0 Å². The molecule has 0 aromatic heterocycles. The smallest absolute Gasteiger partial charge is 0.315 e. The van der Waals surface area contributed by atoms with Crippen LogP contribution in [0.1, 0.15) is 56.0 Å². The number of nitrogens with two attached hydrogens (primary N) is 1. The molecule has 0 spiro atoms. The van der Waals surface area contributed by atoms with Crippen LogP contribution in [-0.4, -0.2) is 42.0 Å². The van der Waals surface area contributed by atoms with Crippen molar-refractivity contribution < 1.29 is 9.59 Å². The molecule has 2 aromatic rings. The number of carbonyl (C=O) groups excluding carboxylic acids is 2. The molecular weight excluding hydrogens is 400 g/mol. The predicted molar refractivity (Wildman–Crippen MR) is 127 cm³/mol. The second-order valence-corrected chi connectivity index (χ2v) is 10.0. The Morgan fingerprint density at radius 3 is 2.09 bits per heavy atom. The zero-order chi connectivity index (χ0) is 22.9. The van der Waals surface area contributed by atoms with Crippen molar-refractivity contribution in [1.29, 1.82) is 0 Å². The van der Waals surface area contributed by atoms with Crippen molar-refractivity contribution in [1.82, 2.24) is 15.5 Å². The SMILES string of the molecule is CC(C)(NC(=O)NC1(C)CCN2CCC1CC2)c1ccc(-c2ccc(C(N)=O)cc2)cc1. The van der Waals surface area contributed by atoms with Gasteiger partial charge in [0.05, 0.1) is 5.54 Å². The number of hydrogen-bond acceptors (Lipinski definition) is 3. The second-order valence-electron chi connectivity index (χ2n) is 10.0. The van der Waals surface area contributed by atoms with Crippen LogP contribution in [0.2, 0.25) is 0 Å². The molecule has 6 nitrogen and oxygen atoms in total. The largest absolute Gasteiger partial charge is 0.366 e. The molecule has 3 saturated heterocycles. The van der Waals surface area contributed by atoms with Crippen molar-refractivity contribution in [3.8, 4) is 11.1 Å². The van der Waals surface area contributed by atoms with Gasteiger partial charge in [-0.05, 0) is 87.9 Å². The van der Waals surface area contributed by atoms with Crippen molar-refractivity contribution in [2.45, 2.75) is 51.1 Å². The highest BCUT2D eigenvalue weighted by atomic mass is 16.2. The fraction of sp³-hybridized carbons (Fsp3) is 0.462. The van der Waals surface area contributed by atoms with Crippen molar-refractivity contribution in [3.05, 3.63) is 59.7 Å². The fourth-order valence-corrected chi connectivity index (χ4v) is 5.11. The first-order chi connectivity index (χ1) is 15.2. The minimum Gasteiger partial charge on any atom is -0.366 e. The molecule has 3 fully saturated rings. The molecule has 3 aliphatic heterocycles. The summed E-state index contributed by atoms with van der Waals surface area (Å²) in [7, 11) is 0. The lowest BCUT2D eigenvalue weighted by molar-refractivity contribution is 0.1000. The Kier molecular flexibility index (Phi) is 5.99. The molecule has 32 heavy (non-hydrogen) atoms. The average Bonchev–Trinajstić information content (AvgIpc) is 3.02. The number of nitrogens with zero attached hydrogens (tertiary/aromatic N) is 1. The maximum absolute atomic E-state index is 13.0. The Morgan fingerprint density at radius 2 is 1.53 bits per heavy atom. The summed E-state index contributed by atoms with van der Waals surface area (Å²) < 4.78 is 0. The van der Waals surface area contributed by atoms with Crippen molar-refractivity contribution in [2.75, 3.05) is 19.6 Å². The van der Waals surface area contributed by atoms with Crippen LogP contribution in [-0.2, 0) is 5.54 Å². The van der Waals surface area contributed by atoms with Crippen LogP contribution in [0.3, 0.4) is 0 Å². The number of piperidine rings is 1. The molecule has 4 N–H and O–H groups in total. The van der Waals surface area contributed by atoms with Gasteiger partial charge in [0.2, 0.25) is 5.91 Å². The number of amides is 3. The molecule has 6 heteroatoms. The van der Waals surface area contributed by atoms with Gasteiger partial charge in [-0.1, -0.05) is 36.4 Å². The van der Waals surface area contributed by atoms with E-state index >= 15 is 0 Å². The summed E-state index contributed by atoms with van der Waals surface area (Å²) >= 11 is 0. The maximum atomic E-state index is 13.0. The van der Waals surface area contributed by atoms with Gasteiger partial charge in [0.25, 0.3) is 0 Å². The van der Waals surface area contributed by atoms with E-state index in [0.717, 1.165) is 55.6 Å². The fourth-order valence-electron chi connectivity index (χ4n) is 5.11. The highest BCUT2D eigenvalue weighted by Gasteiger charge is 2.41. The molecule has 3 aliphatic rings. The molecule has 2 bridgehead atoms. The van der Waals surface area contributed by atoms with Gasteiger partial charge in [-0.2, -0.15) is 0 Å². The molecule has 1 atom stereocenters. The summed E-state index contributed by atoms with van der Waals surface area (Å²) in [6.45, 7) is 9.60. The monoisotopic (exact) mass is 434 g/mol. The van der Waals surface area contributed by atoms with E-state index in [-0.39, 0.29) is 11.6 Å². The minimum absolute atomic E-state index is 0.107. The third kappa shape index (κ3) is 4.65. The number of benzene rings is 2. The van der Waals surface area contributed by atoms with Crippen LogP contribution in [0.25, 0.3) is 11.1 Å². The van der Waals surface area contributed by atoms with Gasteiger partial charge in [0.15, 0.2) is 0 Å². The van der Waals surface area contributed by atoms with Crippen molar-refractivity contribution in [3.63, 3.8) is 0 Å². The first kappa shape index (κ1) is 22.3. The van der Waals surface area contributed by atoms with Gasteiger partial charge in [0, 0.05) is 17.6 Å². The standard InChI is InChI=1S/C26H34N4O2/c1-25(2,28-24(32)29-26(3)14-17-30-15-12-22(26)13-16-30)21-10-8-19(9-11-21)18-4-6-20(7-5-18)23(27)31/h4-11,22H,12-17H2,1-3H3,(H2,27,31)(H2,28,29,32). The van der Waals surface area contributed by atoms with Crippen LogP contribution in [0.4, 0.5) is 4.79 Å². The summed E-state index contributed by atoms with van der Waals surface area (Å²) in [6.07, 6.45) is 3.30. The van der Waals surface area contributed by atoms with Gasteiger partial charge in [-0.25, -0.2) is 4.79 Å². The Hall–Kier alpha value is -2.86. The van der Waals surface area contributed by atoms with E-state index < -0.39 is 11.4 Å². The molecule has 3 amide bonds. The summed E-state index contributed by atoms with van der Waals surface area (Å²) in [5.41, 5.74) is 8.23. The molecule has 0 saturated carbocycles. The quantitative estimate of drug-likeness (QED) is 0.668. The number of fused-ring (bicyclic) bond motifs is 4. The normalized spacial score (nSPS) is 25.1. The summed E-state index contributed by atoms with van der Waals surface area (Å²) in [6, 6.07) is 15.3. The molecule has 1 unspecified atom stereocenters. The molecular formula is C26H34N4O2. The van der Waals surface area contributed by atoms with Crippen LogP contribution in [0.15, 0.2) is 48.5 Å². The van der Waals surface area contributed by atoms with E-state index in [0.29, 0.717) is 11.5 Å². The number of nitrogens with one attached hydrogen (secondary N) is 2. The lowest BCUT2D eigenvalue weighted by Gasteiger charge is -2.39. The van der Waals surface area contributed by atoms with Crippen LogP contribution < -0.4 is 16.4 Å². The first-order valence-corrected chi connectivity index (χ1v) is 11.5. The van der Waals surface area contributed by atoms with E-state index in [4.69, 9.17) is 5.73 Å². The third-order valence-electron chi connectivity index (χ3n) is 7.37. The van der Waals surface area contributed by atoms with Gasteiger partial charge >= 0.3 is 6.03 Å². The zero-order valence-corrected chi connectivity index (χ0v) is 19.3. The highest BCUT2D eigenvalue weighted by Crippen LogP contribution is 2.35. The molecule has 0 aliphatic carbocycles. The molecule has 3 heterocycles. The minimum atomic E-state index is -0.513. The van der Waals surface area contributed by atoms with Crippen LogP contribution >= 0.6 is 0 Å². The summed E-state index contributed by atoms with van der Waals surface area (Å²) in [5.74, 6) is 0.108. The lowest BCUT2D eigenvalue weighted by atomic mass is 9.79. The van der Waals surface area contributed by atoms with E-state index in [2.05, 4.69) is 22.5 Å². The molecule has 0 radical (unpaired) electrons. The number of rotatable bonds is 5. The molecule has 2 aromatic carbocycles. The Balaban J connectivity index is 1.42. The number of hydrogen-bond donors (Lipinski definition) is 3. The topological polar surface area (TPSA) is 87.5 Å². The highest BCUT2D eigenvalue weighted by molar-refractivity contribution is 5.93. The van der Waals surface area contributed by atoms with Crippen LogP contribution in [0, 0.1) is 5.92 Å². The Morgan fingerprint density at radius 1 is 0.969 bits per heavy atom. The number of urea groups is 1. The van der Waals surface area contributed by atoms with Gasteiger partial charge < -0.3 is 21.3 Å². The third-order valence-corrected chi connectivity index (χ3v) is 7.37. The zero-order valence-electron chi connectivity index (χ0n) is 19.3. The Labute approximate surface area is 190 Å². The molecule has 170 valence electrons. The summed E-state index contributed by atoms with van der Waals surface area (Å²) in [4.78, 5) is 26.8. The van der Waals surface area contributed by atoms with E-state index in [9.17, 15) is 9.59 Å². The second kappa shape index (κ2) is 8.58. The van der Waals surface area contributed by atoms with Gasteiger partial charge in [-0.15, -0.1) is 0 Å². The average molecular weight is 435 g/mol. The van der Waals surface area contributed by atoms with E-state index in [1.54, 1.807) is 12.1 Å². The lowest BCUT2D eigenvalue weighted by Crippen LogP contribution is -2.57. The van der Waals surface area contributed by atoms with E-state index in [1.807, 2.05) is 50.2 Å². The van der Waals surface area contributed by atoms with Gasteiger partial charge in [0.1, 0.15) is 0 Å². The molecule has 5 rings (SSSR count). The first-order valence-electron chi connectivity index (χ1n) is 11.5. The van der Waals surface area contributed by atoms with Crippen molar-refractivity contribution in [2.24, 2.45) is 11.7 Å². The van der Waals surface area contributed by atoms with Crippen molar-refractivity contribution >= 4 is 11.9 Å².